The predicted molar refractivity (Wildman–Crippen MR) is 77.4 cm³/mol. The third-order valence-corrected chi connectivity index (χ3v) is 3.06. The highest BCUT2D eigenvalue weighted by Gasteiger charge is 2.30. The molecule has 0 heterocycles. The number of alkyl halides is 3. The van der Waals surface area contributed by atoms with Crippen LogP contribution < -0.4 is 10.5 Å². The molecule has 0 atom stereocenters. The Bertz CT molecular complexity index is 717. The van der Waals surface area contributed by atoms with Crippen molar-refractivity contribution in [3.63, 3.8) is 0 Å². The maximum absolute atomic E-state index is 12.7. The molecule has 0 saturated carbocycles. The number of nitro groups is 1. The molecule has 0 saturated heterocycles. The molecule has 0 aliphatic rings. The van der Waals surface area contributed by atoms with Crippen molar-refractivity contribution in [3.05, 3.63) is 63.7 Å². The van der Waals surface area contributed by atoms with E-state index < -0.39 is 16.7 Å². The number of nitrogens with two attached hydrogens (primary N) is 1. The fourth-order valence-electron chi connectivity index (χ4n) is 1.99. The lowest BCUT2D eigenvalue weighted by Crippen LogP contribution is -2.06. The van der Waals surface area contributed by atoms with Crippen molar-refractivity contribution < 1.29 is 22.8 Å². The number of benzene rings is 2. The van der Waals surface area contributed by atoms with Gasteiger partial charge in [-0.15, -0.1) is 0 Å². The molecular formula is C15H13F3N2O3. The van der Waals surface area contributed by atoms with E-state index in [1.165, 1.54) is 30.3 Å². The van der Waals surface area contributed by atoms with Crippen LogP contribution in [0.1, 0.15) is 11.1 Å². The quantitative estimate of drug-likeness (QED) is 0.667. The molecule has 23 heavy (non-hydrogen) atoms. The molecule has 0 bridgehead atoms. The predicted octanol–water partition coefficient (Wildman–Crippen LogP) is 3.91. The van der Waals surface area contributed by atoms with Gasteiger partial charge in [0.15, 0.2) is 0 Å². The van der Waals surface area contributed by atoms with Gasteiger partial charge in [-0.3, -0.25) is 10.1 Å². The number of rotatable bonds is 5. The van der Waals surface area contributed by atoms with E-state index in [-0.39, 0.29) is 23.7 Å². The average Bonchev–Trinajstić information content (AvgIpc) is 2.48. The van der Waals surface area contributed by atoms with Crippen LogP contribution in [0.4, 0.5) is 18.9 Å². The first-order valence-electron chi connectivity index (χ1n) is 6.64. The maximum atomic E-state index is 12.7. The van der Waals surface area contributed by atoms with Gasteiger partial charge in [0.1, 0.15) is 11.5 Å². The van der Waals surface area contributed by atoms with Gasteiger partial charge >= 0.3 is 6.18 Å². The molecule has 2 aromatic carbocycles. The molecule has 0 amide bonds. The van der Waals surface area contributed by atoms with Crippen molar-refractivity contribution in [2.75, 3.05) is 6.54 Å². The van der Waals surface area contributed by atoms with Crippen molar-refractivity contribution in [2.45, 2.75) is 12.6 Å². The summed E-state index contributed by atoms with van der Waals surface area (Å²) in [6.07, 6.45) is -4.18. The molecule has 0 unspecified atom stereocenters. The van der Waals surface area contributed by atoms with Crippen molar-refractivity contribution in [2.24, 2.45) is 5.73 Å². The fraction of sp³-hybridized carbons (Fsp3) is 0.200. The number of nitrogens with zero attached hydrogens (tertiary/aromatic N) is 1. The SMILES string of the molecule is NCCc1cc([N+](=O)[O-])ccc1Oc1cccc(C(F)(F)F)c1. The van der Waals surface area contributed by atoms with Crippen LogP contribution in [0.25, 0.3) is 0 Å². The van der Waals surface area contributed by atoms with Crippen molar-refractivity contribution in [1.82, 2.24) is 0 Å². The second-order valence-electron chi connectivity index (χ2n) is 4.72. The molecule has 2 aromatic rings. The Morgan fingerprint density at radius 3 is 2.52 bits per heavy atom. The van der Waals surface area contributed by atoms with Crippen LogP contribution in [0.2, 0.25) is 0 Å². The van der Waals surface area contributed by atoms with Gasteiger partial charge in [0, 0.05) is 17.7 Å². The van der Waals surface area contributed by atoms with Gasteiger partial charge in [0.2, 0.25) is 0 Å². The molecular weight excluding hydrogens is 313 g/mol. The van der Waals surface area contributed by atoms with E-state index in [1.807, 2.05) is 0 Å². The van der Waals surface area contributed by atoms with Gasteiger partial charge < -0.3 is 10.5 Å². The van der Waals surface area contributed by atoms with E-state index in [4.69, 9.17) is 10.5 Å². The van der Waals surface area contributed by atoms with Crippen LogP contribution in [0.15, 0.2) is 42.5 Å². The Morgan fingerprint density at radius 1 is 1.17 bits per heavy atom. The van der Waals surface area contributed by atoms with Gasteiger partial charge in [-0.2, -0.15) is 13.2 Å². The highest BCUT2D eigenvalue weighted by Crippen LogP contribution is 2.34. The number of halogens is 3. The first kappa shape index (κ1) is 16.8. The highest BCUT2D eigenvalue weighted by molar-refractivity contribution is 5.46. The monoisotopic (exact) mass is 326 g/mol. The smallest absolute Gasteiger partial charge is 0.416 e. The molecule has 2 rings (SSSR count). The van der Waals surface area contributed by atoms with Crippen LogP contribution in [-0.4, -0.2) is 11.5 Å². The standard InChI is InChI=1S/C15H13F3N2O3/c16-15(17,18)11-2-1-3-13(9-11)23-14-5-4-12(20(21)22)8-10(14)6-7-19/h1-5,8-9H,6-7,19H2. The van der Waals surface area contributed by atoms with E-state index in [0.717, 1.165) is 12.1 Å². The molecule has 5 nitrogen and oxygen atoms in total. The van der Waals surface area contributed by atoms with E-state index in [1.54, 1.807) is 0 Å². The van der Waals surface area contributed by atoms with Crippen LogP contribution >= 0.6 is 0 Å². The maximum Gasteiger partial charge on any atom is 0.416 e. The molecule has 8 heteroatoms. The molecule has 122 valence electrons. The summed E-state index contributed by atoms with van der Waals surface area (Å²) < 4.78 is 43.6. The highest BCUT2D eigenvalue weighted by atomic mass is 19.4. The van der Waals surface area contributed by atoms with Crippen LogP contribution in [0, 0.1) is 10.1 Å². The van der Waals surface area contributed by atoms with E-state index >= 15 is 0 Å². The molecule has 2 N–H and O–H groups in total. The second-order valence-corrected chi connectivity index (χ2v) is 4.72. The molecule has 0 fully saturated rings. The molecule has 0 aromatic heterocycles. The summed E-state index contributed by atoms with van der Waals surface area (Å²) >= 11 is 0. The number of nitro benzene ring substituents is 1. The molecule has 0 radical (unpaired) electrons. The van der Waals surface area contributed by atoms with E-state index in [0.29, 0.717) is 12.0 Å². The third-order valence-electron chi connectivity index (χ3n) is 3.06. The van der Waals surface area contributed by atoms with Crippen LogP contribution in [0.3, 0.4) is 0 Å². The number of hydrogen-bond acceptors (Lipinski definition) is 4. The minimum Gasteiger partial charge on any atom is -0.457 e. The van der Waals surface area contributed by atoms with Crippen LogP contribution in [0.5, 0.6) is 11.5 Å². The number of ether oxygens (including phenoxy) is 1. The molecule has 0 aliphatic carbocycles. The van der Waals surface area contributed by atoms with E-state index in [2.05, 4.69) is 0 Å². The number of hydrogen-bond donors (Lipinski definition) is 1. The Morgan fingerprint density at radius 2 is 1.91 bits per heavy atom. The zero-order chi connectivity index (χ0) is 17.0. The van der Waals surface area contributed by atoms with Gasteiger partial charge in [-0.1, -0.05) is 6.07 Å². The summed E-state index contributed by atoms with van der Waals surface area (Å²) in [4.78, 5) is 10.2. The first-order valence-corrected chi connectivity index (χ1v) is 6.64. The summed E-state index contributed by atoms with van der Waals surface area (Å²) in [7, 11) is 0. The minimum absolute atomic E-state index is 0.00745. The van der Waals surface area contributed by atoms with Gasteiger partial charge in [0.05, 0.1) is 10.5 Å². The Labute approximate surface area is 129 Å². The lowest BCUT2D eigenvalue weighted by Gasteiger charge is -2.12. The fourth-order valence-corrected chi connectivity index (χ4v) is 1.99. The third kappa shape index (κ3) is 4.19. The van der Waals surface area contributed by atoms with Crippen molar-refractivity contribution in [3.8, 4) is 11.5 Å². The van der Waals surface area contributed by atoms with E-state index in [9.17, 15) is 23.3 Å². The summed E-state index contributed by atoms with van der Waals surface area (Å²) in [5.41, 5.74) is 4.94. The Balaban J connectivity index is 2.34. The van der Waals surface area contributed by atoms with Crippen molar-refractivity contribution in [1.29, 1.82) is 0 Å². The summed E-state index contributed by atoms with van der Waals surface area (Å²) in [6, 6.07) is 8.29. The lowest BCUT2D eigenvalue weighted by atomic mass is 10.1. The molecule has 0 aliphatic heterocycles. The first-order chi connectivity index (χ1) is 10.8. The average molecular weight is 326 g/mol. The Kier molecular flexibility index (Phi) is 4.85. The van der Waals surface area contributed by atoms with Gasteiger partial charge in [0.25, 0.3) is 5.69 Å². The van der Waals surface area contributed by atoms with Crippen LogP contribution in [-0.2, 0) is 12.6 Å². The largest absolute Gasteiger partial charge is 0.457 e. The second kappa shape index (κ2) is 6.66. The normalized spacial score (nSPS) is 11.3. The minimum atomic E-state index is -4.48. The Hall–Kier alpha value is -2.61. The van der Waals surface area contributed by atoms with Gasteiger partial charge in [-0.05, 0) is 37.2 Å². The summed E-state index contributed by atoms with van der Waals surface area (Å²) in [5, 5.41) is 10.8. The molecule has 0 spiro atoms. The number of non-ortho nitro benzene ring substituents is 1. The summed E-state index contributed by atoms with van der Waals surface area (Å²) in [6.45, 7) is 0.222. The van der Waals surface area contributed by atoms with Gasteiger partial charge in [-0.25, -0.2) is 0 Å². The zero-order valence-corrected chi connectivity index (χ0v) is 11.8. The summed E-state index contributed by atoms with van der Waals surface area (Å²) in [5.74, 6) is 0.229. The zero-order valence-electron chi connectivity index (χ0n) is 11.8. The topological polar surface area (TPSA) is 78.4 Å². The lowest BCUT2D eigenvalue weighted by molar-refractivity contribution is -0.384. The van der Waals surface area contributed by atoms with Crippen molar-refractivity contribution >= 4 is 5.69 Å².